The molecule has 0 aromatic carbocycles. The summed E-state index contributed by atoms with van der Waals surface area (Å²) in [4.78, 5) is 74.0. The Hall–Kier alpha value is -3.26. The Morgan fingerprint density at radius 2 is 0.786 bits per heavy atom. The molecule has 1 aliphatic rings. The molecule has 14 heteroatoms. The summed E-state index contributed by atoms with van der Waals surface area (Å²) in [7, 11) is 1.70. The molecule has 0 atom stereocenters. The van der Waals surface area contributed by atoms with Gasteiger partial charge in [-0.1, -0.05) is 0 Å². The van der Waals surface area contributed by atoms with E-state index in [1.807, 2.05) is 0 Å². The second-order valence-electron chi connectivity index (χ2n) is 10.6. The van der Waals surface area contributed by atoms with Gasteiger partial charge in [-0.05, 0) is 57.8 Å². The Morgan fingerprint density at radius 1 is 0.452 bits per heavy atom. The molecule has 1 saturated heterocycles. The number of nitrogens with zero attached hydrogens (tertiary/aromatic N) is 3. The normalized spacial score (nSPS) is 21.4. The first-order valence-electron chi connectivity index (χ1n) is 15.1. The Bertz CT molecular complexity index is 762. The molecule has 0 radical (unpaired) electrons. The van der Waals surface area contributed by atoms with Crippen LogP contribution >= 0.6 is 0 Å². The molecule has 6 amide bonds. The monoisotopic (exact) mass is 598 g/mol. The third-order valence-electron chi connectivity index (χ3n) is 6.93. The first-order valence-corrected chi connectivity index (χ1v) is 15.1. The highest BCUT2D eigenvalue weighted by Crippen LogP contribution is 2.04. The molecular weight excluding hydrogens is 548 g/mol. The van der Waals surface area contributed by atoms with Gasteiger partial charge in [-0.2, -0.15) is 0 Å². The molecule has 1 fully saturated rings. The highest BCUT2D eigenvalue weighted by Gasteiger charge is 2.15. The molecule has 1 rings (SSSR count). The van der Waals surface area contributed by atoms with Crippen LogP contribution in [0.5, 0.6) is 0 Å². The van der Waals surface area contributed by atoms with Crippen LogP contribution in [0, 0.1) is 0 Å². The van der Waals surface area contributed by atoms with Gasteiger partial charge in [0.15, 0.2) is 0 Å². The number of nitrogens with one attached hydrogen (secondary N) is 3. The Kier molecular flexibility index (Phi) is 19.6. The minimum Gasteiger partial charge on any atom is -0.356 e. The van der Waals surface area contributed by atoms with Gasteiger partial charge in [0.25, 0.3) is 0 Å². The molecule has 14 nitrogen and oxygen atoms in total. The van der Waals surface area contributed by atoms with E-state index in [1.54, 1.807) is 11.9 Å². The molecule has 0 spiro atoms. The summed E-state index contributed by atoms with van der Waals surface area (Å²) in [6.45, 7) is 2.09. The lowest BCUT2D eigenvalue weighted by molar-refractivity contribution is -0.166. The van der Waals surface area contributed by atoms with Gasteiger partial charge in [-0.15, -0.1) is 0 Å². The molecule has 0 saturated carbocycles. The maximum absolute atomic E-state index is 12.3. The number of carbonyl (C=O) groups excluding carboxylic acids is 6. The van der Waals surface area contributed by atoms with E-state index in [1.165, 1.54) is 0 Å². The standard InChI is InChI=1S/C28H50N6O8/c1-32-20-8-2-5-17-30-24(36)12-15-27(39)34(42)22-10-4-7-19-31-25(37)13-16-28(40)33(41)21-9-3-6-18-29-23(35)11-14-26(32)38/h41-42H,2-22H2,1H3,(H,29,35)(H,30,36)(H,31,37). The molecule has 5 N–H and O–H groups in total. The van der Waals surface area contributed by atoms with E-state index in [-0.39, 0.29) is 75.2 Å². The van der Waals surface area contributed by atoms with E-state index in [4.69, 9.17) is 0 Å². The van der Waals surface area contributed by atoms with Crippen LogP contribution in [0.15, 0.2) is 0 Å². The molecule has 0 unspecified atom stereocenters. The fourth-order valence-electron chi connectivity index (χ4n) is 4.21. The summed E-state index contributed by atoms with van der Waals surface area (Å²) in [6.07, 6.45) is 5.88. The molecule has 42 heavy (non-hydrogen) atoms. The van der Waals surface area contributed by atoms with E-state index >= 15 is 0 Å². The van der Waals surface area contributed by atoms with Gasteiger partial charge in [0.05, 0.1) is 0 Å². The van der Waals surface area contributed by atoms with Crippen LogP contribution in [0.1, 0.15) is 96.3 Å². The van der Waals surface area contributed by atoms with E-state index < -0.39 is 11.8 Å². The summed E-state index contributed by atoms with van der Waals surface area (Å²) in [5, 5.41) is 29.3. The SMILES string of the molecule is CN1CCCCCNC(=O)CCC(=O)N(O)CCCCCNC(=O)CCC(=O)N(O)CCCCCNC(=O)CCC1=O. The van der Waals surface area contributed by atoms with Crippen molar-refractivity contribution in [3.8, 4) is 0 Å². The largest absolute Gasteiger partial charge is 0.356 e. The molecule has 0 aromatic rings. The zero-order valence-electron chi connectivity index (χ0n) is 25.0. The van der Waals surface area contributed by atoms with Gasteiger partial charge in [-0.25, -0.2) is 10.1 Å². The summed E-state index contributed by atoms with van der Waals surface area (Å²) >= 11 is 0. The lowest BCUT2D eigenvalue weighted by Crippen LogP contribution is -2.31. The maximum Gasteiger partial charge on any atom is 0.246 e. The van der Waals surface area contributed by atoms with E-state index in [2.05, 4.69) is 16.0 Å². The molecular formula is C28H50N6O8. The lowest BCUT2D eigenvalue weighted by Gasteiger charge is -2.17. The third-order valence-corrected chi connectivity index (χ3v) is 6.93. The smallest absolute Gasteiger partial charge is 0.246 e. The fraction of sp³-hybridized carbons (Fsp3) is 0.786. The van der Waals surface area contributed by atoms with Crippen LogP contribution in [0.25, 0.3) is 0 Å². The van der Waals surface area contributed by atoms with Gasteiger partial charge < -0.3 is 20.9 Å². The van der Waals surface area contributed by atoms with Crippen LogP contribution in [0.2, 0.25) is 0 Å². The maximum atomic E-state index is 12.3. The number of carbonyl (C=O) groups is 6. The first kappa shape index (κ1) is 36.8. The van der Waals surface area contributed by atoms with E-state index in [0.29, 0.717) is 74.8 Å². The Labute approximate surface area is 248 Å². The molecule has 0 bridgehead atoms. The fourth-order valence-corrected chi connectivity index (χ4v) is 4.21. The molecule has 1 heterocycles. The average molecular weight is 599 g/mol. The summed E-state index contributed by atoms with van der Waals surface area (Å²) in [5.74, 6) is -1.98. The van der Waals surface area contributed by atoms with Gasteiger partial charge >= 0.3 is 0 Å². The number of hydrogen-bond acceptors (Lipinski definition) is 8. The molecule has 0 aliphatic carbocycles. The summed E-state index contributed by atoms with van der Waals surface area (Å²) in [5.41, 5.74) is 0. The lowest BCUT2D eigenvalue weighted by atomic mass is 10.2. The van der Waals surface area contributed by atoms with Crippen LogP contribution < -0.4 is 16.0 Å². The molecule has 240 valence electrons. The number of hydrogen-bond donors (Lipinski definition) is 5. The number of rotatable bonds is 0. The van der Waals surface area contributed by atoms with Gasteiger partial charge in [0.1, 0.15) is 0 Å². The average Bonchev–Trinajstić information content (AvgIpc) is 2.97. The van der Waals surface area contributed by atoms with Crippen molar-refractivity contribution in [3.63, 3.8) is 0 Å². The minimum atomic E-state index is -0.542. The predicted octanol–water partition coefficient (Wildman–Crippen LogP) is 1.09. The van der Waals surface area contributed by atoms with Crippen molar-refractivity contribution in [2.75, 3.05) is 46.3 Å². The number of hydroxylamine groups is 4. The Balaban J connectivity index is 2.49. The van der Waals surface area contributed by atoms with Crippen molar-refractivity contribution < 1.29 is 39.2 Å². The van der Waals surface area contributed by atoms with Crippen molar-refractivity contribution in [3.05, 3.63) is 0 Å². The molecule has 0 aromatic heterocycles. The summed E-state index contributed by atoms with van der Waals surface area (Å²) < 4.78 is 0. The number of amides is 6. The highest BCUT2D eigenvalue weighted by atomic mass is 16.5. The quantitative estimate of drug-likeness (QED) is 0.256. The van der Waals surface area contributed by atoms with Crippen LogP contribution in [-0.2, 0) is 28.8 Å². The van der Waals surface area contributed by atoms with E-state index in [9.17, 15) is 39.2 Å². The van der Waals surface area contributed by atoms with Crippen molar-refractivity contribution in [2.45, 2.75) is 96.3 Å². The Morgan fingerprint density at radius 3 is 1.17 bits per heavy atom. The van der Waals surface area contributed by atoms with Gasteiger partial charge in [0, 0.05) is 84.8 Å². The highest BCUT2D eigenvalue weighted by molar-refractivity contribution is 5.84. The molecule has 1 aliphatic heterocycles. The topological polar surface area (TPSA) is 189 Å². The summed E-state index contributed by atoms with van der Waals surface area (Å²) in [6, 6.07) is 0. The second kappa shape index (κ2) is 22.4. The van der Waals surface area contributed by atoms with Crippen LogP contribution in [0.3, 0.4) is 0 Å². The van der Waals surface area contributed by atoms with E-state index in [0.717, 1.165) is 19.3 Å². The van der Waals surface area contributed by atoms with Gasteiger partial charge in [-0.3, -0.25) is 39.2 Å². The van der Waals surface area contributed by atoms with Crippen molar-refractivity contribution in [2.24, 2.45) is 0 Å². The van der Waals surface area contributed by atoms with Crippen LogP contribution in [0.4, 0.5) is 0 Å². The second-order valence-corrected chi connectivity index (χ2v) is 10.6. The first-order chi connectivity index (χ1) is 20.1. The zero-order chi connectivity index (χ0) is 31.2. The van der Waals surface area contributed by atoms with Crippen molar-refractivity contribution in [1.82, 2.24) is 31.0 Å². The van der Waals surface area contributed by atoms with Crippen molar-refractivity contribution in [1.29, 1.82) is 0 Å². The van der Waals surface area contributed by atoms with Crippen molar-refractivity contribution >= 4 is 35.4 Å². The predicted molar refractivity (Wildman–Crippen MR) is 153 cm³/mol. The van der Waals surface area contributed by atoms with Gasteiger partial charge in [0.2, 0.25) is 35.4 Å². The minimum absolute atomic E-state index is 0.0245. The zero-order valence-corrected chi connectivity index (χ0v) is 25.0. The third kappa shape index (κ3) is 18.2. The van der Waals surface area contributed by atoms with Crippen LogP contribution in [-0.4, -0.2) is 107 Å².